The number of rotatable bonds is 2. The first-order chi connectivity index (χ1) is 10.2. The smallest absolute Gasteiger partial charge is 0.276 e. The van der Waals surface area contributed by atoms with Gasteiger partial charge in [-0.25, -0.2) is 4.68 Å². The van der Waals surface area contributed by atoms with Crippen molar-refractivity contribution in [1.82, 2.24) is 25.2 Å². The molecule has 6 nitrogen and oxygen atoms in total. The second-order valence-electron chi connectivity index (χ2n) is 5.87. The van der Waals surface area contributed by atoms with Crippen LogP contribution >= 0.6 is 11.8 Å². The van der Waals surface area contributed by atoms with Crippen molar-refractivity contribution in [3.63, 3.8) is 0 Å². The topological polar surface area (TPSA) is 63.1 Å². The van der Waals surface area contributed by atoms with Crippen LogP contribution in [0.4, 0.5) is 0 Å². The van der Waals surface area contributed by atoms with Crippen molar-refractivity contribution in [1.29, 1.82) is 0 Å². The van der Waals surface area contributed by atoms with E-state index in [1.54, 1.807) is 0 Å². The molecule has 1 aromatic rings. The highest BCUT2D eigenvalue weighted by Gasteiger charge is 2.29. The molecule has 1 atom stereocenters. The minimum absolute atomic E-state index is 0.0421. The number of piperidine rings is 1. The van der Waals surface area contributed by atoms with Crippen LogP contribution in [0.2, 0.25) is 0 Å². The number of nitrogens with zero attached hydrogens (tertiary/aromatic N) is 4. The molecule has 0 aliphatic carbocycles. The molecule has 3 rings (SSSR count). The molecule has 7 heteroatoms. The van der Waals surface area contributed by atoms with Crippen LogP contribution in [0.25, 0.3) is 0 Å². The molecule has 3 heterocycles. The van der Waals surface area contributed by atoms with Crippen molar-refractivity contribution >= 4 is 17.7 Å². The fourth-order valence-corrected chi connectivity index (χ4v) is 4.11. The van der Waals surface area contributed by atoms with Gasteiger partial charge in [0.2, 0.25) is 0 Å². The average Bonchev–Trinajstić information content (AvgIpc) is 2.90. The van der Waals surface area contributed by atoms with Gasteiger partial charge in [0.05, 0.1) is 11.7 Å². The van der Waals surface area contributed by atoms with Crippen molar-refractivity contribution in [2.24, 2.45) is 0 Å². The normalized spacial score (nSPS) is 24.3. The van der Waals surface area contributed by atoms with Gasteiger partial charge in [0, 0.05) is 24.1 Å². The summed E-state index contributed by atoms with van der Waals surface area (Å²) in [6.07, 6.45) is 2.10. The van der Waals surface area contributed by atoms with Crippen LogP contribution in [0, 0.1) is 6.92 Å². The lowest BCUT2D eigenvalue weighted by Gasteiger charge is -2.32. The van der Waals surface area contributed by atoms with E-state index in [1.807, 2.05) is 28.3 Å². The highest BCUT2D eigenvalue weighted by Crippen LogP contribution is 2.23. The molecular weight excluding hydrogens is 286 g/mol. The monoisotopic (exact) mass is 309 g/mol. The number of nitrogens with one attached hydrogen (secondary N) is 1. The van der Waals surface area contributed by atoms with Crippen LogP contribution in [0.5, 0.6) is 0 Å². The van der Waals surface area contributed by atoms with Crippen LogP contribution in [0.15, 0.2) is 0 Å². The van der Waals surface area contributed by atoms with Gasteiger partial charge in [-0.1, -0.05) is 5.21 Å². The van der Waals surface area contributed by atoms with Gasteiger partial charge in [-0.05, 0) is 39.8 Å². The Hall–Kier alpha value is -1.08. The molecular formula is C14H23N5OS. The molecule has 2 fully saturated rings. The van der Waals surface area contributed by atoms with Crippen molar-refractivity contribution in [3.05, 3.63) is 11.4 Å². The summed E-state index contributed by atoms with van der Waals surface area (Å²) in [7, 11) is 0. The molecule has 2 saturated heterocycles. The summed E-state index contributed by atoms with van der Waals surface area (Å²) in [6, 6.07) is 0.648. The molecule has 2 aliphatic rings. The summed E-state index contributed by atoms with van der Waals surface area (Å²) in [5, 5.41) is 11.8. The predicted molar refractivity (Wildman–Crippen MR) is 83.7 cm³/mol. The van der Waals surface area contributed by atoms with E-state index in [0.29, 0.717) is 11.7 Å². The van der Waals surface area contributed by atoms with E-state index in [-0.39, 0.29) is 11.9 Å². The standard InChI is InChI=1S/C14H23N5OS/c1-10-9-21-8-7-18(10)14(20)13-11(2)19(17-16-13)12-3-5-15-6-4-12/h10,12,15H,3-9H2,1-2H3. The maximum Gasteiger partial charge on any atom is 0.276 e. The third-order valence-corrected chi connectivity index (χ3v) is 5.60. The Labute approximate surface area is 129 Å². The largest absolute Gasteiger partial charge is 0.333 e. The number of hydrogen-bond acceptors (Lipinski definition) is 5. The predicted octanol–water partition coefficient (Wildman–Crippen LogP) is 1.09. The number of thioether (sulfide) groups is 1. The number of amides is 1. The lowest BCUT2D eigenvalue weighted by atomic mass is 10.1. The molecule has 1 aromatic heterocycles. The molecule has 21 heavy (non-hydrogen) atoms. The Kier molecular flexibility index (Phi) is 4.49. The van der Waals surface area contributed by atoms with E-state index in [0.717, 1.165) is 49.7 Å². The summed E-state index contributed by atoms with van der Waals surface area (Å²) in [4.78, 5) is 14.7. The molecule has 116 valence electrons. The molecule has 2 aliphatic heterocycles. The van der Waals surface area contributed by atoms with E-state index >= 15 is 0 Å². The second kappa shape index (κ2) is 6.36. The first-order valence-corrected chi connectivity index (χ1v) is 8.85. The molecule has 0 radical (unpaired) electrons. The summed E-state index contributed by atoms with van der Waals surface area (Å²) in [5.74, 6) is 2.06. The summed E-state index contributed by atoms with van der Waals surface area (Å²) in [6.45, 7) is 6.90. The fraction of sp³-hybridized carbons (Fsp3) is 0.786. The quantitative estimate of drug-likeness (QED) is 0.886. The van der Waals surface area contributed by atoms with E-state index < -0.39 is 0 Å². The third kappa shape index (κ3) is 2.94. The molecule has 1 amide bonds. The van der Waals surface area contributed by atoms with Gasteiger partial charge < -0.3 is 10.2 Å². The SMILES string of the molecule is Cc1c(C(=O)N2CCSCC2C)nnn1C1CCNCC1. The molecule has 1 N–H and O–H groups in total. The van der Waals surface area contributed by atoms with Gasteiger partial charge in [0.1, 0.15) is 0 Å². The van der Waals surface area contributed by atoms with Gasteiger partial charge >= 0.3 is 0 Å². The van der Waals surface area contributed by atoms with Gasteiger partial charge in [-0.15, -0.1) is 5.10 Å². The Morgan fingerprint density at radius 1 is 1.38 bits per heavy atom. The molecule has 0 saturated carbocycles. The van der Waals surface area contributed by atoms with Gasteiger partial charge in [-0.2, -0.15) is 11.8 Å². The van der Waals surface area contributed by atoms with Crippen molar-refractivity contribution in [2.45, 2.75) is 38.8 Å². The number of carbonyl (C=O) groups is 1. The summed E-state index contributed by atoms with van der Waals surface area (Å²) >= 11 is 1.91. The second-order valence-corrected chi connectivity index (χ2v) is 7.02. The van der Waals surface area contributed by atoms with Crippen LogP contribution in [-0.2, 0) is 0 Å². The zero-order valence-corrected chi connectivity index (χ0v) is 13.5. The van der Waals surface area contributed by atoms with Crippen molar-refractivity contribution < 1.29 is 4.79 Å². The van der Waals surface area contributed by atoms with Crippen LogP contribution < -0.4 is 5.32 Å². The number of carbonyl (C=O) groups excluding carboxylic acids is 1. The van der Waals surface area contributed by atoms with E-state index in [4.69, 9.17) is 0 Å². The minimum Gasteiger partial charge on any atom is -0.333 e. The molecule has 0 aromatic carbocycles. The highest BCUT2D eigenvalue weighted by molar-refractivity contribution is 7.99. The average molecular weight is 309 g/mol. The Morgan fingerprint density at radius 2 is 2.14 bits per heavy atom. The molecule has 1 unspecified atom stereocenters. The van der Waals surface area contributed by atoms with E-state index in [2.05, 4.69) is 22.6 Å². The van der Waals surface area contributed by atoms with E-state index in [1.165, 1.54) is 0 Å². The molecule has 0 spiro atoms. The third-order valence-electron chi connectivity index (χ3n) is 4.41. The van der Waals surface area contributed by atoms with Gasteiger partial charge in [0.15, 0.2) is 5.69 Å². The van der Waals surface area contributed by atoms with Crippen LogP contribution in [0.3, 0.4) is 0 Å². The lowest BCUT2D eigenvalue weighted by molar-refractivity contribution is 0.0709. The minimum atomic E-state index is 0.0421. The van der Waals surface area contributed by atoms with Crippen molar-refractivity contribution in [3.8, 4) is 0 Å². The number of aromatic nitrogens is 3. The van der Waals surface area contributed by atoms with Crippen LogP contribution in [0.1, 0.15) is 42.0 Å². The highest BCUT2D eigenvalue weighted by atomic mass is 32.2. The summed E-state index contributed by atoms with van der Waals surface area (Å²) < 4.78 is 1.96. The Balaban J connectivity index is 1.79. The van der Waals surface area contributed by atoms with E-state index in [9.17, 15) is 4.79 Å². The Bertz CT molecular complexity index is 511. The van der Waals surface area contributed by atoms with Crippen molar-refractivity contribution in [2.75, 3.05) is 31.1 Å². The maximum atomic E-state index is 12.7. The van der Waals surface area contributed by atoms with Gasteiger partial charge in [-0.3, -0.25) is 4.79 Å². The fourth-order valence-electron chi connectivity index (χ4n) is 3.10. The van der Waals surface area contributed by atoms with Gasteiger partial charge in [0.25, 0.3) is 5.91 Å². The van der Waals surface area contributed by atoms with Crippen LogP contribution in [-0.4, -0.2) is 63.0 Å². The molecule has 0 bridgehead atoms. The Morgan fingerprint density at radius 3 is 2.86 bits per heavy atom. The zero-order chi connectivity index (χ0) is 14.8. The zero-order valence-electron chi connectivity index (χ0n) is 12.7. The first kappa shape index (κ1) is 14.8. The number of hydrogen-bond donors (Lipinski definition) is 1. The maximum absolute atomic E-state index is 12.7. The first-order valence-electron chi connectivity index (χ1n) is 7.69. The summed E-state index contributed by atoms with van der Waals surface area (Å²) in [5.41, 5.74) is 1.45. The lowest BCUT2D eigenvalue weighted by Crippen LogP contribution is -2.44.